The van der Waals surface area contributed by atoms with Gasteiger partial charge in [-0.25, -0.2) is 4.98 Å². The molecule has 0 unspecified atom stereocenters. The zero-order chi connectivity index (χ0) is 13.4. The average Bonchev–Trinajstić information content (AvgIpc) is 3.17. The molecule has 0 bridgehead atoms. The number of fused-ring (bicyclic) bond motifs is 1. The van der Waals surface area contributed by atoms with E-state index in [1.165, 1.54) is 0 Å². The largest absolute Gasteiger partial charge is 0.464 e. The van der Waals surface area contributed by atoms with E-state index in [9.17, 15) is 0 Å². The summed E-state index contributed by atoms with van der Waals surface area (Å²) in [7, 11) is 0. The number of benzene rings is 2. The standard InChI is InChI=1S/C17H11NO2/c1-2-5-16-14(4-1)18-17(20-16)13-9-7-12(8-10-13)15-6-3-11-19-15/h1-11H. The van der Waals surface area contributed by atoms with Gasteiger partial charge in [-0.15, -0.1) is 0 Å². The highest BCUT2D eigenvalue weighted by atomic mass is 16.3. The second kappa shape index (κ2) is 4.38. The summed E-state index contributed by atoms with van der Waals surface area (Å²) in [6, 6.07) is 19.6. The Morgan fingerprint density at radius 3 is 2.30 bits per heavy atom. The molecule has 0 fully saturated rings. The minimum Gasteiger partial charge on any atom is -0.464 e. The van der Waals surface area contributed by atoms with E-state index in [0.29, 0.717) is 5.89 Å². The van der Waals surface area contributed by atoms with Crippen molar-refractivity contribution in [1.29, 1.82) is 0 Å². The molecule has 2 heterocycles. The SMILES string of the molecule is c1coc(-c2ccc(-c3nc4ccccc4o3)cc2)c1. The summed E-state index contributed by atoms with van der Waals surface area (Å²) in [4.78, 5) is 4.49. The van der Waals surface area contributed by atoms with E-state index < -0.39 is 0 Å². The molecule has 0 spiro atoms. The molecule has 3 nitrogen and oxygen atoms in total. The zero-order valence-electron chi connectivity index (χ0n) is 10.6. The van der Waals surface area contributed by atoms with Crippen LogP contribution in [0.3, 0.4) is 0 Å². The van der Waals surface area contributed by atoms with Gasteiger partial charge in [-0.1, -0.05) is 24.3 Å². The topological polar surface area (TPSA) is 39.2 Å². The van der Waals surface area contributed by atoms with Crippen LogP contribution in [0.5, 0.6) is 0 Å². The number of para-hydroxylation sites is 2. The van der Waals surface area contributed by atoms with E-state index in [4.69, 9.17) is 8.83 Å². The predicted octanol–water partition coefficient (Wildman–Crippen LogP) is 4.75. The van der Waals surface area contributed by atoms with Crippen molar-refractivity contribution in [2.75, 3.05) is 0 Å². The Balaban J connectivity index is 1.75. The third-order valence-electron chi connectivity index (χ3n) is 3.23. The van der Waals surface area contributed by atoms with Gasteiger partial charge >= 0.3 is 0 Å². The van der Waals surface area contributed by atoms with Crippen LogP contribution in [-0.4, -0.2) is 4.98 Å². The van der Waals surface area contributed by atoms with Crippen LogP contribution in [0.25, 0.3) is 33.9 Å². The summed E-state index contributed by atoms with van der Waals surface area (Å²) >= 11 is 0. The lowest BCUT2D eigenvalue weighted by molar-refractivity contribution is 0.582. The maximum Gasteiger partial charge on any atom is 0.227 e. The monoisotopic (exact) mass is 261 g/mol. The molecule has 0 aliphatic heterocycles. The highest BCUT2D eigenvalue weighted by molar-refractivity contribution is 5.76. The minimum atomic E-state index is 0.636. The molecule has 4 rings (SSSR count). The Hall–Kier alpha value is -2.81. The van der Waals surface area contributed by atoms with Crippen LogP contribution in [-0.2, 0) is 0 Å². The first-order valence-electron chi connectivity index (χ1n) is 6.40. The maximum absolute atomic E-state index is 5.75. The van der Waals surface area contributed by atoms with Crippen LogP contribution in [0.2, 0.25) is 0 Å². The van der Waals surface area contributed by atoms with Crippen LogP contribution in [0, 0.1) is 0 Å². The maximum atomic E-state index is 5.75. The molecule has 0 aliphatic carbocycles. The predicted molar refractivity (Wildman–Crippen MR) is 77.1 cm³/mol. The fourth-order valence-electron chi connectivity index (χ4n) is 2.22. The molecule has 4 aromatic rings. The summed E-state index contributed by atoms with van der Waals surface area (Å²) in [5, 5.41) is 0. The number of rotatable bonds is 2. The second-order valence-electron chi connectivity index (χ2n) is 4.54. The molecule has 2 aromatic heterocycles. The van der Waals surface area contributed by atoms with Crippen molar-refractivity contribution in [2.24, 2.45) is 0 Å². The van der Waals surface area contributed by atoms with E-state index in [0.717, 1.165) is 28.0 Å². The van der Waals surface area contributed by atoms with Crippen molar-refractivity contribution in [3.63, 3.8) is 0 Å². The highest BCUT2D eigenvalue weighted by Crippen LogP contribution is 2.27. The van der Waals surface area contributed by atoms with E-state index in [1.807, 2.05) is 60.7 Å². The average molecular weight is 261 g/mol. The molecule has 96 valence electrons. The molecule has 0 N–H and O–H groups in total. The van der Waals surface area contributed by atoms with Crippen LogP contribution in [0.4, 0.5) is 0 Å². The second-order valence-corrected chi connectivity index (χ2v) is 4.54. The summed E-state index contributed by atoms with van der Waals surface area (Å²) in [5.74, 6) is 1.49. The van der Waals surface area contributed by atoms with Gasteiger partial charge in [0.1, 0.15) is 11.3 Å². The summed E-state index contributed by atoms with van der Waals surface area (Å²) < 4.78 is 11.1. The Kier molecular flexibility index (Phi) is 2.42. The van der Waals surface area contributed by atoms with E-state index in [-0.39, 0.29) is 0 Å². The fourth-order valence-corrected chi connectivity index (χ4v) is 2.22. The molecule has 0 radical (unpaired) electrons. The number of nitrogens with zero attached hydrogens (tertiary/aromatic N) is 1. The van der Waals surface area contributed by atoms with Gasteiger partial charge < -0.3 is 8.83 Å². The fraction of sp³-hybridized carbons (Fsp3) is 0. The van der Waals surface area contributed by atoms with E-state index in [1.54, 1.807) is 6.26 Å². The van der Waals surface area contributed by atoms with Gasteiger partial charge in [0.2, 0.25) is 5.89 Å². The molecular formula is C17H11NO2. The molecule has 0 saturated carbocycles. The van der Waals surface area contributed by atoms with Gasteiger partial charge in [0.15, 0.2) is 5.58 Å². The Labute approximate surface area is 115 Å². The smallest absolute Gasteiger partial charge is 0.227 e. The molecule has 3 heteroatoms. The van der Waals surface area contributed by atoms with Gasteiger partial charge in [0.25, 0.3) is 0 Å². The highest BCUT2D eigenvalue weighted by Gasteiger charge is 2.08. The zero-order valence-corrected chi connectivity index (χ0v) is 10.6. The van der Waals surface area contributed by atoms with Gasteiger partial charge in [0, 0.05) is 11.1 Å². The lowest BCUT2D eigenvalue weighted by Gasteiger charge is -1.98. The number of hydrogen-bond donors (Lipinski definition) is 0. The molecule has 2 aromatic carbocycles. The van der Waals surface area contributed by atoms with Crippen molar-refractivity contribution >= 4 is 11.1 Å². The van der Waals surface area contributed by atoms with E-state index >= 15 is 0 Å². The summed E-state index contributed by atoms with van der Waals surface area (Å²) in [5.41, 5.74) is 3.67. The Morgan fingerprint density at radius 1 is 0.750 bits per heavy atom. The first-order valence-corrected chi connectivity index (χ1v) is 6.40. The lowest BCUT2D eigenvalue weighted by atomic mass is 10.1. The van der Waals surface area contributed by atoms with Crippen LogP contribution in [0.15, 0.2) is 75.8 Å². The summed E-state index contributed by atoms with van der Waals surface area (Å²) in [6.07, 6.45) is 1.67. The van der Waals surface area contributed by atoms with Crippen LogP contribution >= 0.6 is 0 Å². The van der Waals surface area contributed by atoms with E-state index in [2.05, 4.69) is 4.98 Å². The van der Waals surface area contributed by atoms with Crippen LogP contribution < -0.4 is 0 Å². The van der Waals surface area contributed by atoms with Gasteiger partial charge in [0.05, 0.1) is 6.26 Å². The molecular weight excluding hydrogens is 250 g/mol. The molecule has 0 aliphatic rings. The number of hydrogen-bond acceptors (Lipinski definition) is 3. The van der Waals surface area contributed by atoms with Crippen molar-refractivity contribution in [3.05, 3.63) is 66.9 Å². The van der Waals surface area contributed by atoms with Gasteiger partial charge in [-0.3, -0.25) is 0 Å². The van der Waals surface area contributed by atoms with Crippen molar-refractivity contribution in [2.45, 2.75) is 0 Å². The first-order chi connectivity index (χ1) is 9.90. The summed E-state index contributed by atoms with van der Waals surface area (Å²) in [6.45, 7) is 0. The number of aromatic nitrogens is 1. The first kappa shape index (κ1) is 11.1. The molecule has 0 amide bonds. The third kappa shape index (κ3) is 1.80. The third-order valence-corrected chi connectivity index (χ3v) is 3.23. The normalized spacial score (nSPS) is 11.0. The molecule has 0 atom stereocenters. The molecule has 0 saturated heterocycles. The van der Waals surface area contributed by atoms with Gasteiger partial charge in [-0.2, -0.15) is 0 Å². The number of furan rings is 1. The minimum absolute atomic E-state index is 0.636. The van der Waals surface area contributed by atoms with Crippen LogP contribution in [0.1, 0.15) is 0 Å². The van der Waals surface area contributed by atoms with Crippen molar-refractivity contribution < 1.29 is 8.83 Å². The van der Waals surface area contributed by atoms with Crippen molar-refractivity contribution in [1.82, 2.24) is 4.98 Å². The van der Waals surface area contributed by atoms with Crippen molar-refractivity contribution in [3.8, 4) is 22.8 Å². The Bertz CT molecular complexity index is 809. The lowest BCUT2D eigenvalue weighted by Crippen LogP contribution is -1.78. The van der Waals surface area contributed by atoms with Gasteiger partial charge in [-0.05, 0) is 36.4 Å². The molecule has 20 heavy (non-hydrogen) atoms. The number of oxazole rings is 1. The quantitative estimate of drug-likeness (QED) is 0.522. The Morgan fingerprint density at radius 2 is 1.55 bits per heavy atom.